The van der Waals surface area contributed by atoms with Crippen LogP contribution in [0.4, 0.5) is 0 Å². The third-order valence-electron chi connectivity index (χ3n) is 4.40. The molecule has 2 aromatic carbocycles. The van der Waals surface area contributed by atoms with Crippen molar-refractivity contribution >= 4 is 0 Å². The van der Waals surface area contributed by atoms with Gasteiger partial charge < -0.3 is 10.8 Å². The molecule has 0 radical (unpaired) electrons. The summed E-state index contributed by atoms with van der Waals surface area (Å²) in [6.07, 6.45) is 0.654. The summed E-state index contributed by atoms with van der Waals surface area (Å²) in [7, 11) is 0. The van der Waals surface area contributed by atoms with Crippen LogP contribution < -0.4 is 5.73 Å². The van der Waals surface area contributed by atoms with Crippen LogP contribution in [0.1, 0.15) is 23.1 Å². The predicted octanol–water partition coefficient (Wildman–Crippen LogP) is 2.24. The molecule has 3 nitrogen and oxygen atoms in total. The largest absolute Gasteiger partial charge is 0.384 e. The van der Waals surface area contributed by atoms with Crippen LogP contribution in [-0.2, 0) is 18.7 Å². The van der Waals surface area contributed by atoms with Gasteiger partial charge in [0.15, 0.2) is 0 Å². The van der Waals surface area contributed by atoms with E-state index in [1.165, 1.54) is 11.1 Å². The van der Waals surface area contributed by atoms with Gasteiger partial charge in [0, 0.05) is 26.2 Å². The summed E-state index contributed by atoms with van der Waals surface area (Å²) in [6, 6.07) is 18.3. The summed E-state index contributed by atoms with van der Waals surface area (Å²) in [5.74, 6) is 0. The fourth-order valence-electron chi connectivity index (χ4n) is 3.02. The second kappa shape index (κ2) is 5.98. The van der Waals surface area contributed by atoms with Gasteiger partial charge in [-0.1, -0.05) is 54.6 Å². The van der Waals surface area contributed by atoms with E-state index in [4.69, 9.17) is 5.73 Å². The van der Waals surface area contributed by atoms with Crippen molar-refractivity contribution in [1.82, 2.24) is 4.90 Å². The molecule has 1 aliphatic heterocycles. The summed E-state index contributed by atoms with van der Waals surface area (Å²) in [6.45, 7) is 3.02. The number of fused-ring (bicyclic) bond motifs is 1. The minimum atomic E-state index is -0.934. The van der Waals surface area contributed by atoms with Crippen molar-refractivity contribution in [3.8, 4) is 0 Å². The molecule has 1 aliphatic rings. The first-order chi connectivity index (χ1) is 10.2. The Kier molecular flexibility index (Phi) is 4.06. The van der Waals surface area contributed by atoms with E-state index < -0.39 is 5.60 Å². The Morgan fingerprint density at radius 2 is 1.52 bits per heavy atom. The molecular formula is C18H22N2O. The van der Waals surface area contributed by atoms with Crippen molar-refractivity contribution in [2.45, 2.75) is 25.1 Å². The number of nitrogens with two attached hydrogens (primary N) is 1. The van der Waals surface area contributed by atoms with Crippen molar-refractivity contribution in [3.63, 3.8) is 0 Å². The van der Waals surface area contributed by atoms with Gasteiger partial charge in [0.1, 0.15) is 5.60 Å². The van der Waals surface area contributed by atoms with Crippen molar-refractivity contribution in [3.05, 3.63) is 71.3 Å². The lowest BCUT2D eigenvalue weighted by Gasteiger charge is -2.29. The number of benzene rings is 2. The average Bonchev–Trinajstić information content (AvgIpc) is 2.96. The number of hydrogen-bond donors (Lipinski definition) is 2. The molecule has 3 N–H and O–H groups in total. The SMILES string of the molecule is NCC(O)(CCN1Cc2ccccc2C1)c1ccccc1. The maximum Gasteiger partial charge on any atom is 0.103 e. The maximum atomic E-state index is 10.8. The molecule has 3 heteroatoms. The summed E-state index contributed by atoms with van der Waals surface area (Å²) in [4.78, 5) is 2.37. The van der Waals surface area contributed by atoms with E-state index in [9.17, 15) is 5.11 Å². The van der Waals surface area contributed by atoms with Crippen LogP contribution in [0.2, 0.25) is 0 Å². The minimum absolute atomic E-state index is 0.248. The highest BCUT2D eigenvalue weighted by molar-refractivity contribution is 5.30. The number of aliphatic hydroxyl groups is 1. The number of hydrogen-bond acceptors (Lipinski definition) is 3. The Bertz CT molecular complexity index is 574. The van der Waals surface area contributed by atoms with Crippen LogP contribution in [0.15, 0.2) is 54.6 Å². The van der Waals surface area contributed by atoms with Crippen molar-refractivity contribution in [2.75, 3.05) is 13.1 Å². The maximum absolute atomic E-state index is 10.8. The van der Waals surface area contributed by atoms with E-state index in [1.807, 2.05) is 30.3 Å². The van der Waals surface area contributed by atoms with E-state index in [-0.39, 0.29) is 6.54 Å². The quantitative estimate of drug-likeness (QED) is 0.884. The van der Waals surface area contributed by atoms with E-state index >= 15 is 0 Å². The lowest BCUT2D eigenvalue weighted by atomic mass is 9.90. The zero-order chi connectivity index (χ0) is 14.7. The molecule has 0 fully saturated rings. The van der Waals surface area contributed by atoms with Gasteiger partial charge in [-0.15, -0.1) is 0 Å². The Hall–Kier alpha value is -1.68. The molecule has 0 aromatic heterocycles. The smallest absolute Gasteiger partial charge is 0.103 e. The Labute approximate surface area is 126 Å². The first-order valence-electron chi connectivity index (χ1n) is 7.48. The predicted molar refractivity (Wildman–Crippen MR) is 84.6 cm³/mol. The molecule has 2 aromatic rings. The molecule has 21 heavy (non-hydrogen) atoms. The second-order valence-corrected chi connectivity index (χ2v) is 5.83. The highest BCUT2D eigenvalue weighted by atomic mass is 16.3. The van der Waals surface area contributed by atoms with E-state index in [0.717, 1.165) is 25.2 Å². The van der Waals surface area contributed by atoms with Gasteiger partial charge in [0.25, 0.3) is 0 Å². The molecule has 0 saturated heterocycles. The fraction of sp³-hybridized carbons (Fsp3) is 0.333. The third kappa shape index (κ3) is 3.00. The van der Waals surface area contributed by atoms with Crippen LogP contribution >= 0.6 is 0 Å². The molecule has 110 valence electrons. The average molecular weight is 282 g/mol. The van der Waals surface area contributed by atoms with Gasteiger partial charge in [-0.2, -0.15) is 0 Å². The van der Waals surface area contributed by atoms with Gasteiger partial charge >= 0.3 is 0 Å². The van der Waals surface area contributed by atoms with Crippen LogP contribution in [0, 0.1) is 0 Å². The first-order valence-corrected chi connectivity index (χ1v) is 7.48. The highest BCUT2D eigenvalue weighted by Gasteiger charge is 2.29. The minimum Gasteiger partial charge on any atom is -0.384 e. The molecule has 1 unspecified atom stereocenters. The van der Waals surface area contributed by atoms with Crippen LogP contribution in [0.5, 0.6) is 0 Å². The zero-order valence-corrected chi connectivity index (χ0v) is 12.2. The Balaban J connectivity index is 1.65. The molecule has 0 aliphatic carbocycles. The molecule has 0 amide bonds. The normalized spacial score (nSPS) is 17.4. The molecule has 3 rings (SSSR count). The van der Waals surface area contributed by atoms with Crippen molar-refractivity contribution in [1.29, 1.82) is 0 Å². The summed E-state index contributed by atoms with van der Waals surface area (Å²) in [5, 5.41) is 10.8. The van der Waals surface area contributed by atoms with E-state index in [2.05, 4.69) is 29.2 Å². The molecule has 0 spiro atoms. The van der Waals surface area contributed by atoms with E-state index in [0.29, 0.717) is 6.42 Å². The number of rotatable bonds is 5. The highest BCUT2D eigenvalue weighted by Crippen LogP contribution is 2.27. The second-order valence-electron chi connectivity index (χ2n) is 5.83. The summed E-state index contributed by atoms with van der Waals surface area (Å²) >= 11 is 0. The topological polar surface area (TPSA) is 49.5 Å². The van der Waals surface area contributed by atoms with Gasteiger partial charge in [-0.05, 0) is 23.1 Å². The Morgan fingerprint density at radius 3 is 2.10 bits per heavy atom. The Morgan fingerprint density at radius 1 is 0.952 bits per heavy atom. The van der Waals surface area contributed by atoms with Crippen LogP contribution in [0.3, 0.4) is 0 Å². The standard InChI is InChI=1S/C18H22N2O/c19-14-18(21,17-8-2-1-3-9-17)10-11-20-12-15-6-4-5-7-16(15)13-20/h1-9,21H,10-14,19H2. The summed E-state index contributed by atoms with van der Waals surface area (Å²) < 4.78 is 0. The van der Waals surface area contributed by atoms with Gasteiger partial charge in [0.2, 0.25) is 0 Å². The monoisotopic (exact) mass is 282 g/mol. The van der Waals surface area contributed by atoms with Crippen LogP contribution in [-0.4, -0.2) is 23.1 Å². The summed E-state index contributed by atoms with van der Waals surface area (Å²) in [5.41, 5.74) is 8.61. The van der Waals surface area contributed by atoms with Gasteiger partial charge in [0.05, 0.1) is 0 Å². The first kappa shape index (κ1) is 14.3. The van der Waals surface area contributed by atoms with Crippen molar-refractivity contribution < 1.29 is 5.11 Å². The molecule has 0 saturated carbocycles. The van der Waals surface area contributed by atoms with E-state index in [1.54, 1.807) is 0 Å². The van der Waals surface area contributed by atoms with Crippen LogP contribution in [0.25, 0.3) is 0 Å². The number of nitrogens with zero attached hydrogens (tertiary/aromatic N) is 1. The molecule has 0 bridgehead atoms. The van der Waals surface area contributed by atoms with Gasteiger partial charge in [-0.25, -0.2) is 0 Å². The molecular weight excluding hydrogens is 260 g/mol. The molecule has 1 atom stereocenters. The molecule has 1 heterocycles. The zero-order valence-electron chi connectivity index (χ0n) is 12.2. The van der Waals surface area contributed by atoms with Crippen molar-refractivity contribution in [2.24, 2.45) is 5.73 Å². The third-order valence-corrected chi connectivity index (χ3v) is 4.40. The lowest BCUT2D eigenvalue weighted by molar-refractivity contribution is 0.0252. The fourth-order valence-corrected chi connectivity index (χ4v) is 3.02. The van der Waals surface area contributed by atoms with Gasteiger partial charge in [-0.3, -0.25) is 4.90 Å². The lowest BCUT2D eigenvalue weighted by Crippen LogP contribution is -2.38.